The van der Waals surface area contributed by atoms with Gasteiger partial charge in [-0.15, -0.1) is 0 Å². The molecule has 2 aromatic carbocycles. The molecule has 7 nitrogen and oxygen atoms in total. The van der Waals surface area contributed by atoms with Gasteiger partial charge in [-0.2, -0.15) is 5.10 Å². The Balaban J connectivity index is 1.46. The molecule has 1 saturated carbocycles. The highest BCUT2D eigenvalue weighted by Crippen LogP contribution is 2.37. The van der Waals surface area contributed by atoms with Crippen molar-refractivity contribution in [1.82, 2.24) is 20.1 Å². The zero-order chi connectivity index (χ0) is 22.8. The van der Waals surface area contributed by atoms with Crippen LogP contribution < -0.4 is 10.6 Å². The number of para-hydroxylation sites is 1. The normalized spacial score (nSPS) is 13.8. The van der Waals surface area contributed by atoms with Crippen molar-refractivity contribution in [2.24, 2.45) is 0 Å². The molecule has 33 heavy (non-hydrogen) atoms. The molecule has 2 amide bonds. The highest BCUT2D eigenvalue weighted by Gasteiger charge is 2.51. The molecular weight excluding hydrogens is 438 g/mol. The Morgan fingerprint density at radius 3 is 2.30 bits per heavy atom. The van der Waals surface area contributed by atoms with Crippen LogP contribution >= 0.6 is 11.6 Å². The molecule has 1 aliphatic carbocycles. The second kappa shape index (κ2) is 8.52. The molecule has 5 rings (SSSR count). The lowest BCUT2D eigenvalue weighted by Gasteiger charge is -2.17. The predicted octanol–water partition coefficient (Wildman–Crippen LogP) is 4.49. The van der Waals surface area contributed by atoms with Gasteiger partial charge in [0.25, 0.3) is 5.91 Å². The van der Waals surface area contributed by atoms with E-state index in [1.54, 1.807) is 36.5 Å². The van der Waals surface area contributed by atoms with Gasteiger partial charge in [-0.3, -0.25) is 9.59 Å². The molecule has 1 fully saturated rings. The monoisotopic (exact) mass is 457 g/mol. The Morgan fingerprint density at radius 1 is 0.939 bits per heavy atom. The summed E-state index contributed by atoms with van der Waals surface area (Å²) in [7, 11) is 0. The van der Waals surface area contributed by atoms with E-state index in [1.165, 1.54) is 4.68 Å². The number of carbonyl (C=O) groups is 2. The lowest BCUT2D eigenvalue weighted by Crippen LogP contribution is -2.46. The maximum absolute atomic E-state index is 13.4. The van der Waals surface area contributed by atoms with E-state index in [2.05, 4.69) is 20.7 Å². The Labute approximate surface area is 195 Å². The second-order valence-electron chi connectivity index (χ2n) is 7.86. The van der Waals surface area contributed by atoms with Crippen molar-refractivity contribution in [2.45, 2.75) is 18.4 Å². The summed E-state index contributed by atoms with van der Waals surface area (Å²) in [5.41, 5.74) is 1.41. The van der Waals surface area contributed by atoms with Gasteiger partial charge in [0.1, 0.15) is 11.2 Å². The van der Waals surface area contributed by atoms with Crippen molar-refractivity contribution in [2.75, 3.05) is 5.32 Å². The van der Waals surface area contributed by atoms with Gasteiger partial charge >= 0.3 is 0 Å². The zero-order valence-electron chi connectivity index (χ0n) is 17.5. The van der Waals surface area contributed by atoms with E-state index < -0.39 is 11.4 Å². The SMILES string of the molecule is O=C(NC1(C(=O)Nc2ccccc2)CC1)c1cc(-c2ccccc2)nn1-c1ncccc1Cl. The van der Waals surface area contributed by atoms with Crippen LogP contribution in [0.4, 0.5) is 5.69 Å². The molecule has 8 heteroatoms. The third-order valence-corrected chi connectivity index (χ3v) is 5.82. The Kier molecular flexibility index (Phi) is 5.40. The van der Waals surface area contributed by atoms with Gasteiger partial charge in [0.2, 0.25) is 5.91 Å². The van der Waals surface area contributed by atoms with Gasteiger partial charge < -0.3 is 10.6 Å². The van der Waals surface area contributed by atoms with Gasteiger partial charge in [0, 0.05) is 17.4 Å². The van der Waals surface area contributed by atoms with Crippen molar-refractivity contribution in [3.8, 4) is 17.1 Å². The molecule has 2 N–H and O–H groups in total. The maximum atomic E-state index is 13.4. The molecule has 4 aromatic rings. The number of carbonyl (C=O) groups excluding carboxylic acids is 2. The van der Waals surface area contributed by atoms with Gasteiger partial charge in [-0.1, -0.05) is 60.1 Å². The van der Waals surface area contributed by atoms with Crippen LogP contribution in [0.15, 0.2) is 85.1 Å². The number of rotatable bonds is 6. The van der Waals surface area contributed by atoms with Crippen LogP contribution in [0.2, 0.25) is 5.02 Å². The molecule has 2 heterocycles. The van der Waals surface area contributed by atoms with Gasteiger partial charge in [0.05, 0.1) is 10.7 Å². The number of halogens is 1. The summed E-state index contributed by atoms with van der Waals surface area (Å²) in [6, 6.07) is 23.8. The second-order valence-corrected chi connectivity index (χ2v) is 8.27. The van der Waals surface area contributed by atoms with Gasteiger partial charge in [-0.25, -0.2) is 9.67 Å². The number of amides is 2. The third kappa shape index (κ3) is 4.23. The molecule has 1 aliphatic rings. The summed E-state index contributed by atoms with van der Waals surface area (Å²) in [4.78, 5) is 30.6. The highest BCUT2D eigenvalue weighted by molar-refractivity contribution is 6.32. The first-order valence-electron chi connectivity index (χ1n) is 10.5. The number of benzene rings is 2. The summed E-state index contributed by atoms with van der Waals surface area (Å²) < 4.78 is 1.42. The lowest BCUT2D eigenvalue weighted by molar-refractivity contribution is -0.118. The Morgan fingerprint density at radius 2 is 1.64 bits per heavy atom. The fraction of sp³-hybridized carbons (Fsp3) is 0.120. The van der Waals surface area contributed by atoms with Gasteiger partial charge in [-0.05, 0) is 43.2 Å². The first kappa shape index (κ1) is 20.9. The summed E-state index contributed by atoms with van der Waals surface area (Å²) in [6.07, 6.45) is 2.70. The lowest BCUT2D eigenvalue weighted by atomic mass is 10.1. The van der Waals surface area contributed by atoms with Crippen molar-refractivity contribution in [3.05, 3.63) is 95.8 Å². The van der Waals surface area contributed by atoms with Crippen molar-refractivity contribution >= 4 is 29.1 Å². The Hall–Kier alpha value is -3.97. The van der Waals surface area contributed by atoms with Crippen LogP contribution in [0, 0.1) is 0 Å². The average molecular weight is 458 g/mol. The topological polar surface area (TPSA) is 88.9 Å². The molecule has 0 aliphatic heterocycles. The van der Waals surface area contributed by atoms with Crippen LogP contribution in [0.5, 0.6) is 0 Å². The van der Waals surface area contributed by atoms with Crippen LogP contribution in [-0.2, 0) is 4.79 Å². The number of hydrogen-bond donors (Lipinski definition) is 2. The van der Waals surface area contributed by atoms with E-state index in [1.807, 2.05) is 48.5 Å². The van der Waals surface area contributed by atoms with Crippen molar-refractivity contribution in [1.29, 1.82) is 0 Å². The summed E-state index contributed by atoms with van der Waals surface area (Å²) in [6.45, 7) is 0. The minimum absolute atomic E-state index is 0.243. The first-order valence-corrected chi connectivity index (χ1v) is 10.9. The van der Waals surface area contributed by atoms with E-state index in [-0.39, 0.29) is 11.6 Å². The fourth-order valence-electron chi connectivity index (χ4n) is 3.57. The molecule has 0 saturated heterocycles. The van der Waals surface area contributed by atoms with Crippen molar-refractivity contribution < 1.29 is 9.59 Å². The maximum Gasteiger partial charge on any atom is 0.270 e. The molecule has 0 radical (unpaired) electrons. The van der Waals surface area contributed by atoms with E-state index in [4.69, 9.17) is 11.6 Å². The van der Waals surface area contributed by atoms with E-state index >= 15 is 0 Å². The number of nitrogens with one attached hydrogen (secondary N) is 2. The molecular formula is C25H20ClN5O2. The zero-order valence-corrected chi connectivity index (χ0v) is 18.3. The standard InChI is InChI=1S/C25H20ClN5O2/c26-19-12-7-15-27-22(19)31-21(16-20(30-31)17-8-3-1-4-9-17)23(32)29-25(13-14-25)24(33)28-18-10-5-2-6-11-18/h1-12,15-16H,13-14H2,(H,28,33)(H,29,32). The molecule has 0 atom stereocenters. The van der Waals surface area contributed by atoms with Crippen LogP contribution in [0.3, 0.4) is 0 Å². The quantitative estimate of drug-likeness (QED) is 0.446. The number of hydrogen-bond acceptors (Lipinski definition) is 4. The minimum Gasteiger partial charge on any atom is -0.336 e. The smallest absolute Gasteiger partial charge is 0.270 e. The molecule has 164 valence electrons. The van der Waals surface area contributed by atoms with Crippen LogP contribution in [0.1, 0.15) is 23.3 Å². The average Bonchev–Trinajstić information content (AvgIpc) is 3.49. The summed E-state index contributed by atoms with van der Waals surface area (Å²) >= 11 is 6.36. The molecule has 2 aromatic heterocycles. The number of pyridine rings is 1. The van der Waals surface area contributed by atoms with Gasteiger partial charge in [0.15, 0.2) is 5.82 Å². The highest BCUT2D eigenvalue weighted by atomic mass is 35.5. The van der Waals surface area contributed by atoms with Crippen molar-refractivity contribution in [3.63, 3.8) is 0 Å². The fourth-order valence-corrected chi connectivity index (χ4v) is 3.78. The molecule has 0 spiro atoms. The minimum atomic E-state index is -0.956. The Bertz CT molecular complexity index is 1320. The van der Waals surface area contributed by atoms with E-state index in [0.717, 1.165) is 5.56 Å². The van der Waals surface area contributed by atoms with Crippen LogP contribution in [0.25, 0.3) is 17.1 Å². The number of aromatic nitrogens is 3. The van der Waals surface area contributed by atoms with Crippen LogP contribution in [-0.4, -0.2) is 32.1 Å². The first-order chi connectivity index (χ1) is 16.1. The predicted molar refractivity (Wildman–Crippen MR) is 126 cm³/mol. The molecule has 0 unspecified atom stereocenters. The number of nitrogens with zero attached hydrogens (tertiary/aromatic N) is 3. The molecule has 0 bridgehead atoms. The largest absolute Gasteiger partial charge is 0.336 e. The number of anilines is 1. The third-order valence-electron chi connectivity index (χ3n) is 5.52. The summed E-state index contributed by atoms with van der Waals surface area (Å²) in [5, 5.41) is 10.8. The summed E-state index contributed by atoms with van der Waals surface area (Å²) in [5.74, 6) is -0.329. The van der Waals surface area contributed by atoms with E-state index in [0.29, 0.717) is 35.1 Å². The van der Waals surface area contributed by atoms with E-state index in [9.17, 15) is 9.59 Å².